The maximum atomic E-state index is 9.69. The molecule has 0 radical (unpaired) electrons. The van der Waals surface area contributed by atoms with Gasteiger partial charge < -0.3 is 5.11 Å². The van der Waals surface area contributed by atoms with Crippen molar-refractivity contribution in [1.29, 1.82) is 5.26 Å². The summed E-state index contributed by atoms with van der Waals surface area (Å²) in [5, 5.41) is 19.1. The zero-order valence-electron chi connectivity index (χ0n) is 13.3. The highest BCUT2D eigenvalue weighted by molar-refractivity contribution is 5.37. The molecule has 1 aliphatic rings. The molecule has 3 nitrogen and oxygen atoms in total. The summed E-state index contributed by atoms with van der Waals surface area (Å²) in [5.41, 5.74) is 1.83. The highest BCUT2D eigenvalue weighted by Gasteiger charge is 2.30. The van der Waals surface area contributed by atoms with E-state index in [1.54, 1.807) is 0 Å². The number of nitrogens with zero attached hydrogens (tertiary/aromatic N) is 2. The first-order valence-corrected chi connectivity index (χ1v) is 7.84. The summed E-state index contributed by atoms with van der Waals surface area (Å²) in [5.74, 6) is 0.528. The van der Waals surface area contributed by atoms with Gasteiger partial charge in [-0.05, 0) is 50.3 Å². The zero-order chi connectivity index (χ0) is 15.5. The molecule has 2 rings (SSSR count). The Morgan fingerprint density at radius 1 is 1.38 bits per heavy atom. The number of rotatable bonds is 4. The molecule has 1 aromatic carbocycles. The van der Waals surface area contributed by atoms with Crippen molar-refractivity contribution in [1.82, 2.24) is 4.90 Å². The Morgan fingerprint density at radius 3 is 2.76 bits per heavy atom. The third-order valence-corrected chi connectivity index (χ3v) is 4.76. The molecule has 0 amide bonds. The first kappa shape index (κ1) is 16.0. The number of hydrogen-bond acceptors (Lipinski definition) is 3. The quantitative estimate of drug-likeness (QED) is 0.925. The summed E-state index contributed by atoms with van der Waals surface area (Å²) in [4.78, 5) is 2.38. The second-order valence-corrected chi connectivity index (χ2v) is 6.73. The van der Waals surface area contributed by atoms with Crippen LogP contribution in [0, 0.1) is 17.2 Å². The van der Waals surface area contributed by atoms with Crippen LogP contribution < -0.4 is 0 Å². The zero-order valence-corrected chi connectivity index (χ0v) is 13.3. The van der Waals surface area contributed by atoms with E-state index in [9.17, 15) is 10.4 Å². The summed E-state index contributed by atoms with van der Waals surface area (Å²) >= 11 is 0. The van der Waals surface area contributed by atoms with Crippen molar-refractivity contribution in [2.45, 2.75) is 51.6 Å². The molecule has 1 heterocycles. The molecule has 1 aromatic rings. The van der Waals surface area contributed by atoms with E-state index in [4.69, 9.17) is 0 Å². The molecule has 1 N–H and O–H groups in total. The number of likely N-dealkylation sites (tertiary alicyclic amines) is 1. The van der Waals surface area contributed by atoms with Gasteiger partial charge in [0.1, 0.15) is 0 Å². The average molecular weight is 286 g/mol. The normalized spacial score (nSPS) is 23.8. The number of nitriles is 1. The predicted molar refractivity (Wildman–Crippen MR) is 84.8 cm³/mol. The van der Waals surface area contributed by atoms with Gasteiger partial charge >= 0.3 is 0 Å². The second-order valence-electron chi connectivity index (χ2n) is 6.73. The van der Waals surface area contributed by atoms with Crippen molar-refractivity contribution < 1.29 is 5.11 Å². The van der Waals surface area contributed by atoms with Crippen LogP contribution in [0.4, 0.5) is 0 Å². The highest BCUT2D eigenvalue weighted by Crippen LogP contribution is 2.29. The van der Waals surface area contributed by atoms with Gasteiger partial charge in [0.15, 0.2) is 0 Å². The molecule has 3 heteroatoms. The average Bonchev–Trinajstić information content (AvgIpc) is 2.48. The van der Waals surface area contributed by atoms with Gasteiger partial charge in [0, 0.05) is 12.6 Å². The first-order valence-electron chi connectivity index (χ1n) is 7.84. The molecule has 0 saturated carbocycles. The van der Waals surface area contributed by atoms with Gasteiger partial charge in [0.25, 0.3) is 0 Å². The molecule has 0 aromatic heterocycles. The number of aliphatic hydroxyl groups excluding tert-OH is 1. The Kier molecular flexibility index (Phi) is 5.03. The summed E-state index contributed by atoms with van der Waals surface area (Å²) in [7, 11) is 0. The summed E-state index contributed by atoms with van der Waals surface area (Å²) in [6.45, 7) is 8.21. The van der Waals surface area contributed by atoms with Crippen molar-refractivity contribution in [3.63, 3.8) is 0 Å². The Hall–Kier alpha value is -1.37. The molecule has 1 saturated heterocycles. The molecule has 21 heavy (non-hydrogen) atoms. The van der Waals surface area contributed by atoms with Gasteiger partial charge in [0.05, 0.1) is 18.1 Å². The monoisotopic (exact) mass is 286 g/mol. The Balaban J connectivity index is 2.26. The largest absolute Gasteiger partial charge is 0.395 e. The Bertz CT molecular complexity index is 518. The topological polar surface area (TPSA) is 47.3 Å². The molecule has 114 valence electrons. The predicted octanol–water partition coefficient (Wildman–Crippen LogP) is 3.08. The maximum Gasteiger partial charge on any atom is 0.0769 e. The van der Waals surface area contributed by atoms with E-state index in [0.29, 0.717) is 5.92 Å². The lowest BCUT2D eigenvalue weighted by Gasteiger charge is -2.39. The lowest BCUT2D eigenvalue weighted by molar-refractivity contribution is 0.0469. The van der Waals surface area contributed by atoms with Crippen LogP contribution in [0.5, 0.6) is 0 Å². The number of benzene rings is 1. The lowest BCUT2D eigenvalue weighted by Crippen LogP contribution is -2.46. The van der Waals surface area contributed by atoms with E-state index in [0.717, 1.165) is 18.7 Å². The SMILES string of the molecule is CC1CCCN(Cc2ccccc2C(C)(C)C#N)C1CO. The lowest BCUT2D eigenvalue weighted by atomic mass is 9.82. The summed E-state index contributed by atoms with van der Waals surface area (Å²) in [6, 6.07) is 10.8. The Morgan fingerprint density at radius 2 is 2.10 bits per heavy atom. The van der Waals surface area contributed by atoms with E-state index in [-0.39, 0.29) is 12.6 Å². The maximum absolute atomic E-state index is 9.69. The van der Waals surface area contributed by atoms with Crippen LogP contribution in [0.1, 0.15) is 44.7 Å². The molecule has 0 bridgehead atoms. The van der Waals surface area contributed by atoms with Gasteiger partial charge in [-0.1, -0.05) is 31.2 Å². The van der Waals surface area contributed by atoms with Gasteiger partial charge in [-0.15, -0.1) is 0 Å². The van der Waals surface area contributed by atoms with Crippen LogP contribution in [0.3, 0.4) is 0 Å². The number of aliphatic hydroxyl groups is 1. The molecular weight excluding hydrogens is 260 g/mol. The van der Waals surface area contributed by atoms with Gasteiger partial charge in [-0.25, -0.2) is 0 Å². The van der Waals surface area contributed by atoms with E-state index in [1.807, 2.05) is 26.0 Å². The minimum Gasteiger partial charge on any atom is -0.395 e. The molecule has 2 atom stereocenters. The van der Waals surface area contributed by atoms with E-state index < -0.39 is 5.41 Å². The van der Waals surface area contributed by atoms with E-state index in [2.05, 4.69) is 30.0 Å². The minimum atomic E-state index is -0.479. The van der Waals surface area contributed by atoms with Crippen molar-refractivity contribution in [2.24, 2.45) is 5.92 Å². The number of hydrogen-bond donors (Lipinski definition) is 1. The fraction of sp³-hybridized carbons (Fsp3) is 0.611. The minimum absolute atomic E-state index is 0.213. The van der Waals surface area contributed by atoms with Crippen LogP contribution in [0.15, 0.2) is 24.3 Å². The summed E-state index contributed by atoms with van der Waals surface area (Å²) in [6.07, 6.45) is 2.37. The third-order valence-electron chi connectivity index (χ3n) is 4.76. The van der Waals surface area contributed by atoms with Crippen molar-refractivity contribution in [2.75, 3.05) is 13.2 Å². The fourth-order valence-electron chi connectivity index (χ4n) is 3.37. The van der Waals surface area contributed by atoms with Crippen molar-refractivity contribution in [3.8, 4) is 6.07 Å². The smallest absolute Gasteiger partial charge is 0.0769 e. The van der Waals surface area contributed by atoms with Gasteiger partial charge in [-0.3, -0.25) is 4.90 Å². The van der Waals surface area contributed by atoms with Gasteiger partial charge in [0.2, 0.25) is 0 Å². The molecular formula is C18H26N2O. The van der Waals surface area contributed by atoms with E-state index in [1.165, 1.54) is 18.4 Å². The molecule has 2 unspecified atom stereocenters. The third kappa shape index (κ3) is 3.45. The molecule has 0 aliphatic carbocycles. The molecule has 1 aliphatic heterocycles. The van der Waals surface area contributed by atoms with Crippen LogP contribution in [0.25, 0.3) is 0 Å². The first-order chi connectivity index (χ1) is 9.99. The van der Waals surface area contributed by atoms with Crippen LogP contribution in [-0.4, -0.2) is 29.2 Å². The summed E-state index contributed by atoms with van der Waals surface area (Å²) < 4.78 is 0. The second kappa shape index (κ2) is 6.60. The molecule has 0 spiro atoms. The van der Waals surface area contributed by atoms with Crippen LogP contribution in [0.2, 0.25) is 0 Å². The molecule has 1 fully saturated rings. The van der Waals surface area contributed by atoms with Crippen molar-refractivity contribution in [3.05, 3.63) is 35.4 Å². The van der Waals surface area contributed by atoms with Gasteiger partial charge in [-0.2, -0.15) is 5.26 Å². The van der Waals surface area contributed by atoms with E-state index >= 15 is 0 Å². The van der Waals surface area contributed by atoms with Crippen LogP contribution >= 0.6 is 0 Å². The van der Waals surface area contributed by atoms with Crippen LogP contribution in [-0.2, 0) is 12.0 Å². The fourth-order valence-corrected chi connectivity index (χ4v) is 3.37. The standard InChI is InChI=1S/C18H26N2O/c1-14-7-6-10-20(17(14)12-21)11-15-8-4-5-9-16(15)18(2,3)13-19/h4-5,8-9,14,17,21H,6-7,10-12H2,1-3H3. The van der Waals surface area contributed by atoms with Crippen molar-refractivity contribution >= 4 is 0 Å². The Labute approximate surface area is 128 Å². The highest BCUT2D eigenvalue weighted by atomic mass is 16.3. The number of piperidine rings is 1.